The van der Waals surface area contributed by atoms with Gasteiger partial charge in [-0.2, -0.15) is 0 Å². The second-order valence-electron chi connectivity index (χ2n) is 5.00. The van der Waals surface area contributed by atoms with Gasteiger partial charge in [0, 0.05) is 16.5 Å². The highest BCUT2D eigenvalue weighted by Crippen LogP contribution is 2.30. The van der Waals surface area contributed by atoms with Crippen LogP contribution in [0.3, 0.4) is 0 Å². The van der Waals surface area contributed by atoms with Gasteiger partial charge in [0.05, 0.1) is 0 Å². The monoisotopic (exact) mass is 264 g/mol. The number of nitrogens with two attached hydrogens (primary N) is 1. The Labute approximate surface area is 113 Å². The van der Waals surface area contributed by atoms with Crippen molar-refractivity contribution >= 4 is 23.5 Å². The van der Waals surface area contributed by atoms with Crippen LogP contribution < -0.4 is 10.5 Å². The van der Waals surface area contributed by atoms with E-state index in [0.717, 1.165) is 23.4 Å². The molecule has 0 aromatic heterocycles. The number of carbonyl (C=O) groups excluding carboxylic acids is 1. The van der Waals surface area contributed by atoms with E-state index in [-0.39, 0.29) is 11.8 Å². The first-order chi connectivity index (χ1) is 8.70. The number of amides is 1. The highest BCUT2D eigenvalue weighted by Gasteiger charge is 2.27. The van der Waals surface area contributed by atoms with Gasteiger partial charge in [-0.05, 0) is 48.9 Å². The van der Waals surface area contributed by atoms with E-state index in [2.05, 4.69) is 12.2 Å². The van der Waals surface area contributed by atoms with Gasteiger partial charge < -0.3 is 5.32 Å². The summed E-state index contributed by atoms with van der Waals surface area (Å²) in [6.07, 6.45) is 4.60. The minimum absolute atomic E-state index is 0.154. The molecule has 1 aliphatic carbocycles. The number of carbonyl (C=O) groups is 1. The smallest absolute Gasteiger partial charge is 0.227 e. The fourth-order valence-corrected chi connectivity index (χ4v) is 2.94. The van der Waals surface area contributed by atoms with Crippen molar-refractivity contribution in [1.82, 2.24) is 0 Å². The lowest BCUT2D eigenvalue weighted by Crippen LogP contribution is -2.30. The molecule has 4 heteroatoms. The van der Waals surface area contributed by atoms with Crippen LogP contribution in [0.2, 0.25) is 0 Å². The lowest BCUT2D eigenvalue weighted by molar-refractivity contribution is -0.122. The van der Waals surface area contributed by atoms with Gasteiger partial charge in [-0.15, -0.1) is 0 Å². The zero-order valence-corrected chi connectivity index (χ0v) is 11.5. The summed E-state index contributed by atoms with van der Waals surface area (Å²) in [5.74, 6) is 0.806. The van der Waals surface area contributed by atoms with Crippen LogP contribution in [0.15, 0.2) is 29.2 Å². The minimum atomic E-state index is 0.154. The van der Waals surface area contributed by atoms with E-state index >= 15 is 0 Å². The molecule has 0 aliphatic heterocycles. The maximum atomic E-state index is 12.2. The largest absolute Gasteiger partial charge is 0.326 e. The number of anilines is 1. The summed E-state index contributed by atoms with van der Waals surface area (Å²) in [6.45, 7) is 2.18. The van der Waals surface area contributed by atoms with Crippen LogP contribution in [0.1, 0.15) is 32.6 Å². The molecular formula is C14H20N2OS. The van der Waals surface area contributed by atoms with Crippen LogP contribution in [-0.4, -0.2) is 5.91 Å². The minimum Gasteiger partial charge on any atom is -0.326 e. The SMILES string of the molecule is CC1CCCCC1C(=O)Nc1cccc(SN)c1. The van der Waals surface area contributed by atoms with Gasteiger partial charge in [-0.25, -0.2) is 0 Å². The first-order valence-corrected chi connectivity index (χ1v) is 7.36. The molecule has 0 spiro atoms. The number of rotatable bonds is 3. The van der Waals surface area contributed by atoms with Crippen molar-refractivity contribution in [3.63, 3.8) is 0 Å². The lowest BCUT2D eigenvalue weighted by atomic mass is 9.80. The zero-order valence-electron chi connectivity index (χ0n) is 10.7. The number of hydrogen-bond donors (Lipinski definition) is 2. The molecule has 3 N–H and O–H groups in total. The van der Waals surface area contributed by atoms with Gasteiger partial charge in [0.25, 0.3) is 0 Å². The maximum absolute atomic E-state index is 12.2. The van der Waals surface area contributed by atoms with Crippen LogP contribution in [0, 0.1) is 11.8 Å². The molecule has 1 aromatic carbocycles. The van der Waals surface area contributed by atoms with Crippen LogP contribution in [0.25, 0.3) is 0 Å². The topological polar surface area (TPSA) is 55.1 Å². The van der Waals surface area contributed by atoms with Gasteiger partial charge in [0.2, 0.25) is 5.91 Å². The summed E-state index contributed by atoms with van der Waals surface area (Å²) in [5, 5.41) is 8.53. The second kappa shape index (κ2) is 6.25. The third-order valence-corrected chi connectivity index (χ3v) is 4.21. The first-order valence-electron chi connectivity index (χ1n) is 6.48. The van der Waals surface area contributed by atoms with Crippen LogP contribution >= 0.6 is 11.9 Å². The molecule has 1 amide bonds. The van der Waals surface area contributed by atoms with Crippen LogP contribution in [0.4, 0.5) is 5.69 Å². The summed E-state index contributed by atoms with van der Waals surface area (Å²) < 4.78 is 0. The molecule has 1 fully saturated rings. The Hall–Kier alpha value is -1.00. The molecule has 0 saturated heterocycles. The molecule has 1 aromatic rings. The Kier molecular flexibility index (Phi) is 4.66. The summed E-state index contributed by atoms with van der Waals surface area (Å²) in [6, 6.07) is 7.67. The van der Waals surface area contributed by atoms with Crippen molar-refractivity contribution in [2.24, 2.45) is 17.0 Å². The Morgan fingerprint density at radius 2 is 2.17 bits per heavy atom. The van der Waals surface area contributed by atoms with E-state index in [9.17, 15) is 4.79 Å². The molecule has 2 atom stereocenters. The van der Waals surface area contributed by atoms with Gasteiger partial charge in [0.1, 0.15) is 0 Å². The van der Waals surface area contributed by atoms with Crippen molar-refractivity contribution in [3.8, 4) is 0 Å². The summed E-state index contributed by atoms with van der Waals surface area (Å²) >= 11 is 1.19. The summed E-state index contributed by atoms with van der Waals surface area (Å²) in [7, 11) is 0. The van der Waals surface area contributed by atoms with E-state index in [4.69, 9.17) is 5.14 Å². The highest BCUT2D eigenvalue weighted by atomic mass is 32.2. The van der Waals surface area contributed by atoms with E-state index in [1.165, 1.54) is 24.8 Å². The lowest BCUT2D eigenvalue weighted by Gasteiger charge is -2.27. The molecule has 2 unspecified atom stereocenters. The van der Waals surface area contributed by atoms with Gasteiger partial charge >= 0.3 is 0 Å². The number of benzene rings is 1. The van der Waals surface area contributed by atoms with E-state index in [0.29, 0.717) is 5.92 Å². The normalized spacial score (nSPS) is 23.7. The molecular weight excluding hydrogens is 244 g/mol. The standard InChI is InChI=1S/C14H20N2OS/c1-10-5-2-3-8-13(10)14(17)16-11-6-4-7-12(9-11)18-15/h4,6-7,9-10,13H,2-3,5,8,15H2,1H3,(H,16,17). The fraction of sp³-hybridized carbons (Fsp3) is 0.500. The van der Waals surface area contributed by atoms with E-state index < -0.39 is 0 Å². The molecule has 1 aliphatic rings. The third kappa shape index (κ3) is 3.27. The Bertz CT molecular complexity index is 422. The summed E-state index contributed by atoms with van der Waals surface area (Å²) in [4.78, 5) is 13.2. The average Bonchev–Trinajstić information content (AvgIpc) is 2.39. The summed E-state index contributed by atoms with van der Waals surface area (Å²) in [5.41, 5.74) is 0.841. The Balaban J connectivity index is 2.01. The predicted molar refractivity (Wildman–Crippen MR) is 76.2 cm³/mol. The second-order valence-corrected chi connectivity index (χ2v) is 5.71. The van der Waals surface area contributed by atoms with Gasteiger partial charge in [-0.1, -0.05) is 25.8 Å². The molecule has 0 radical (unpaired) electrons. The van der Waals surface area contributed by atoms with Crippen molar-refractivity contribution < 1.29 is 4.79 Å². The molecule has 3 nitrogen and oxygen atoms in total. The van der Waals surface area contributed by atoms with E-state index in [1.54, 1.807) is 0 Å². The third-order valence-electron chi connectivity index (χ3n) is 3.69. The molecule has 18 heavy (non-hydrogen) atoms. The zero-order chi connectivity index (χ0) is 13.0. The average molecular weight is 264 g/mol. The van der Waals surface area contributed by atoms with Crippen LogP contribution in [-0.2, 0) is 4.79 Å². The number of hydrogen-bond acceptors (Lipinski definition) is 3. The molecule has 0 bridgehead atoms. The molecule has 0 heterocycles. The Morgan fingerprint density at radius 1 is 1.39 bits per heavy atom. The van der Waals surface area contributed by atoms with Crippen LogP contribution in [0.5, 0.6) is 0 Å². The maximum Gasteiger partial charge on any atom is 0.227 e. The van der Waals surface area contributed by atoms with Crippen molar-refractivity contribution in [2.75, 3.05) is 5.32 Å². The highest BCUT2D eigenvalue weighted by molar-refractivity contribution is 7.97. The van der Waals surface area contributed by atoms with Crippen molar-refractivity contribution in [3.05, 3.63) is 24.3 Å². The van der Waals surface area contributed by atoms with Gasteiger partial charge in [-0.3, -0.25) is 9.93 Å². The number of nitrogens with one attached hydrogen (secondary N) is 1. The fourth-order valence-electron chi connectivity index (χ4n) is 2.59. The molecule has 2 rings (SSSR count). The molecule has 98 valence electrons. The Morgan fingerprint density at radius 3 is 2.89 bits per heavy atom. The van der Waals surface area contributed by atoms with E-state index in [1.807, 2.05) is 24.3 Å². The van der Waals surface area contributed by atoms with Gasteiger partial charge in [0.15, 0.2) is 0 Å². The first kappa shape index (κ1) is 13.4. The van der Waals surface area contributed by atoms with Crippen molar-refractivity contribution in [1.29, 1.82) is 0 Å². The predicted octanol–water partition coefficient (Wildman–Crippen LogP) is 3.42. The quantitative estimate of drug-likeness (QED) is 0.822. The molecule has 1 saturated carbocycles. The van der Waals surface area contributed by atoms with Crippen molar-refractivity contribution in [2.45, 2.75) is 37.5 Å².